The second kappa shape index (κ2) is 5.84. The Labute approximate surface area is 122 Å². The molecule has 0 amide bonds. The Morgan fingerprint density at radius 1 is 1.00 bits per heavy atom. The Kier molecular flexibility index (Phi) is 3.74. The van der Waals surface area contributed by atoms with Gasteiger partial charge in [0.1, 0.15) is 13.2 Å². The minimum Gasteiger partial charge on any atom is -0.486 e. The molecule has 0 fully saturated rings. The molecule has 0 saturated heterocycles. The SMILES string of the molecule is Clc1ccc(NN=Cc2ccc3c(c2)OCCO3)cc1. The van der Waals surface area contributed by atoms with Gasteiger partial charge in [-0.25, -0.2) is 0 Å². The van der Waals surface area contributed by atoms with Crippen LogP contribution in [-0.2, 0) is 0 Å². The number of halogens is 1. The van der Waals surface area contributed by atoms with E-state index >= 15 is 0 Å². The third kappa shape index (κ3) is 3.03. The Hall–Kier alpha value is -2.20. The lowest BCUT2D eigenvalue weighted by Crippen LogP contribution is -2.15. The van der Waals surface area contributed by atoms with Gasteiger partial charge >= 0.3 is 0 Å². The van der Waals surface area contributed by atoms with E-state index in [0.29, 0.717) is 18.2 Å². The molecule has 5 heteroatoms. The number of ether oxygens (including phenoxy) is 2. The molecule has 20 heavy (non-hydrogen) atoms. The van der Waals surface area contributed by atoms with Crippen molar-refractivity contribution >= 4 is 23.5 Å². The number of fused-ring (bicyclic) bond motifs is 1. The second-order valence-electron chi connectivity index (χ2n) is 4.28. The second-order valence-corrected chi connectivity index (χ2v) is 4.72. The summed E-state index contributed by atoms with van der Waals surface area (Å²) in [4.78, 5) is 0. The van der Waals surface area contributed by atoms with Crippen LogP contribution in [0.4, 0.5) is 5.69 Å². The molecule has 0 aromatic heterocycles. The van der Waals surface area contributed by atoms with Crippen molar-refractivity contribution < 1.29 is 9.47 Å². The van der Waals surface area contributed by atoms with Crippen LogP contribution >= 0.6 is 11.6 Å². The standard InChI is InChI=1S/C15H13ClN2O2/c16-12-2-4-13(5-3-12)18-17-10-11-1-6-14-15(9-11)20-8-7-19-14/h1-6,9-10,18H,7-8H2. The van der Waals surface area contributed by atoms with E-state index in [1.807, 2.05) is 42.5 Å². The molecular formula is C15H13ClN2O2. The summed E-state index contributed by atoms with van der Waals surface area (Å²) in [6.07, 6.45) is 1.73. The van der Waals surface area contributed by atoms with Crippen LogP contribution in [0.2, 0.25) is 5.02 Å². The van der Waals surface area contributed by atoms with Crippen molar-refractivity contribution in [1.82, 2.24) is 0 Å². The Bertz CT molecular complexity index is 626. The number of nitrogens with one attached hydrogen (secondary N) is 1. The molecule has 0 radical (unpaired) electrons. The summed E-state index contributed by atoms with van der Waals surface area (Å²) in [6.45, 7) is 1.18. The molecule has 1 aliphatic heterocycles. The molecule has 1 N–H and O–H groups in total. The smallest absolute Gasteiger partial charge is 0.162 e. The van der Waals surface area contributed by atoms with Crippen molar-refractivity contribution in [2.45, 2.75) is 0 Å². The Morgan fingerprint density at radius 3 is 2.55 bits per heavy atom. The van der Waals surface area contributed by atoms with Crippen molar-refractivity contribution in [3.05, 3.63) is 53.1 Å². The van der Waals surface area contributed by atoms with Gasteiger partial charge in [-0.05, 0) is 48.0 Å². The van der Waals surface area contributed by atoms with E-state index in [1.165, 1.54) is 0 Å². The maximum atomic E-state index is 5.82. The highest BCUT2D eigenvalue weighted by Crippen LogP contribution is 2.30. The van der Waals surface area contributed by atoms with E-state index in [9.17, 15) is 0 Å². The summed E-state index contributed by atoms with van der Waals surface area (Å²) < 4.78 is 11.0. The Balaban J connectivity index is 1.68. The predicted octanol–water partition coefficient (Wildman–Crippen LogP) is 3.56. The molecule has 0 unspecified atom stereocenters. The molecule has 0 atom stereocenters. The number of hydrogen-bond acceptors (Lipinski definition) is 4. The van der Waals surface area contributed by atoms with Crippen LogP contribution in [0.3, 0.4) is 0 Å². The molecular weight excluding hydrogens is 276 g/mol. The van der Waals surface area contributed by atoms with Gasteiger partial charge in [-0.3, -0.25) is 5.43 Å². The van der Waals surface area contributed by atoms with Crippen LogP contribution in [0.1, 0.15) is 5.56 Å². The first-order valence-corrected chi connectivity index (χ1v) is 6.63. The van der Waals surface area contributed by atoms with Gasteiger partial charge in [0.25, 0.3) is 0 Å². The van der Waals surface area contributed by atoms with Crippen LogP contribution < -0.4 is 14.9 Å². The number of rotatable bonds is 3. The zero-order valence-electron chi connectivity index (χ0n) is 10.7. The summed E-state index contributed by atoms with van der Waals surface area (Å²) in [6, 6.07) is 13.1. The lowest BCUT2D eigenvalue weighted by Gasteiger charge is -2.18. The van der Waals surface area contributed by atoms with Gasteiger partial charge in [0.15, 0.2) is 11.5 Å². The number of hydrogen-bond donors (Lipinski definition) is 1. The summed E-state index contributed by atoms with van der Waals surface area (Å²) in [5, 5.41) is 4.88. The van der Waals surface area contributed by atoms with Crippen LogP contribution in [0, 0.1) is 0 Å². The maximum Gasteiger partial charge on any atom is 0.162 e. The predicted molar refractivity (Wildman–Crippen MR) is 80.1 cm³/mol. The lowest BCUT2D eigenvalue weighted by atomic mass is 10.2. The fraction of sp³-hybridized carbons (Fsp3) is 0.133. The molecule has 0 bridgehead atoms. The number of benzene rings is 2. The van der Waals surface area contributed by atoms with Crippen molar-refractivity contribution in [3.8, 4) is 11.5 Å². The first-order valence-electron chi connectivity index (χ1n) is 6.25. The molecule has 0 saturated carbocycles. The van der Waals surface area contributed by atoms with Gasteiger partial charge in [-0.2, -0.15) is 5.10 Å². The maximum absolute atomic E-state index is 5.82. The fourth-order valence-corrected chi connectivity index (χ4v) is 1.97. The van der Waals surface area contributed by atoms with Gasteiger partial charge in [-0.1, -0.05) is 11.6 Å². The van der Waals surface area contributed by atoms with Gasteiger partial charge < -0.3 is 9.47 Å². The lowest BCUT2D eigenvalue weighted by molar-refractivity contribution is 0.171. The van der Waals surface area contributed by atoms with Crippen molar-refractivity contribution in [2.24, 2.45) is 5.10 Å². The topological polar surface area (TPSA) is 42.9 Å². The molecule has 0 aliphatic carbocycles. The van der Waals surface area contributed by atoms with Gasteiger partial charge in [0.2, 0.25) is 0 Å². The highest BCUT2D eigenvalue weighted by atomic mass is 35.5. The van der Waals surface area contributed by atoms with Gasteiger partial charge in [0.05, 0.1) is 11.9 Å². The monoisotopic (exact) mass is 288 g/mol. The van der Waals surface area contributed by atoms with Crippen molar-refractivity contribution in [2.75, 3.05) is 18.6 Å². The largest absolute Gasteiger partial charge is 0.486 e. The molecule has 3 rings (SSSR count). The average molecular weight is 289 g/mol. The number of hydrazone groups is 1. The van der Waals surface area contributed by atoms with Crippen LogP contribution in [0.15, 0.2) is 47.6 Å². The third-order valence-electron chi connectivity index (χ3n) is 2.82. The van der Waals surface area contributed by atoms with E-state index in [2.05, 4.69) is 10.5 Å². The summed E-state index contributed by atoms with van der Waals surface area (Å²) in [5.74, 6) is 1.53. The quantitative estimate of drug-likeness (QED) is 0.694. The molecule has 1 heterocycles. The van der Waals surface area contributed by atoms with Gasteiger partial charge in [-0.15, -0.1) is 0 Å². The summed E-state index contributed by atoms with van der Waals surface area (Å²) in [5.41, 5.74) is 4.76. The van der Waals surface area contributed by atoms with Crippen LogP contribution in [-0.4, -0.2) is 19.4 Å². The van der Waals surface area contributed by atoms with E-state index in [4.69, 9.17) is 21.1 Å². The molecule has 2 aromatic rings. The molecule has 102 valence electrons. The highest BCUT2D eigenvalue weighted by Gasteiger charge is 2.10. The Morgan fingerprint density at radius 2 is 1.75 bits per heavy atom. The van der Waals surface area contributed by atoms with E-state index in [-0.39, 0.29) is 0 Å². The first kappa shape index (κ1) is 12.8. The van der Waals surface area contributed by atoms with Crippen molar-refractivity contribution in [1.29, 1.82) is 0 Å². The zero-order chi connectivity index (χ0) is 13.8. The summed E-state index contributed by atoms with van der Waals surface area (Å²) >= 11 is 5.82. The van der Waals surface area contributed by atoms with Crippen LogP contribution in [0.25, 0.3) is 0 Å². The molecule has 1 aliphatic rings. The van der Waals surface area contributed by atoms with Crippen LogP contribution in [0.5, 0.6) is 11.5 Å². The van der Waals surface area contributed by atoms with E-state index < -0.39 is 0 Å². The minimum absolute atomic E-state index is 0.580. The average Bonchev–Trinajstić information content (AvgIpc) is 2.49. The number of anilines is 1. The minimum atomic E-state index is 0.580. The normalized spacial score (nSPS) is 13.4. The van der Waals surface area contributed by atoms with E-state index in [1.54, 1.807) is 6.21 Å². The summed E-state index contributed by atoms with van der Waals surface area (Å²) in [7, 11) is 0. The fourth-order valence-electron chi connectivity index (χ4n) is 1.85. The molecule has 4 nitrogen and oxygen atoms in total. The van der Waals surface area contributed by atoms with E-state index in [0.717, 1.165) is 22.7 Å². The first-order chi connectivity index (χ1) is 9.81. The molecule has 2 aromatic carbocycles. The van der Waals surface area contributed by atoms with Gasteiger partial charge in [0, 0.05) is 5.02 Å². The highest BCUT2D eigenvalue weighted by molar-refractivity contribution is 6.30. The number of nitrogens with zero attached hydrogens (tertiary/aromatic N) is 1. The van der Waals surface area contributed by atoms with Crippen molar-refractivity contribution in [3.63, 3.8) is 0 Å². The third-order valence-corrected chi connectivity index (χ3v) is 3.07. The molecule has 0 spiro atoms. The zero-order valence-corrected chi connectivity index (χ0v) is 11.4.